The van der Waals surface area contributed by atoms with Crippen molar-refractivity contribution in [1.29, 1.82) is 0 Å². The van der Waals surface area contributed by atoms with Crippen LogP contribution in [0.5, 0.6) is 0 Å². The molecular formula is C5H10NO. The van der Waals surface area contributed by atoms with E-state index in [0.29, 0.717) is 6.10 Å². The molecule has 1 aliphatic rings. The summed E-state index contributed by atoms with van der Waals surface area (Å²) in [6.07, 6.45) is 0.300. The first-order chi connectivity index (χ1) is 3.39. The van der Waals surface area contributed by atoms with Crippen molar-refractivity contribution >= 4 is 0 Å². The van der Waals surface area contributed by atoms with E-state index in [2.05, 4.69) is 5.32 Å². The monoisotopic (exact) mass is 100 g/mol. The molecule has 0 aliphatic carbocycles. The molecule has 0 spiro atoms. The molecule has 1 radical (unpaired) electrons. The Balaban J connectivity index is 2.12. The molecule has 0 aromatic heterocycles. The SMILES string of the molecule is CC1[CH]NCCO1. The highest BCUT2D eigenvalue weighted by Crippen LogP contribution is 1.95. The molecule has 1 rings (SSSR count). The minimum Gasteiger partial charge on any atom is -0.376 e. The summed E-state index contributed by atoms with van der Waals surface area (Å²) in [6, 6.07) is 0. The Labute approximate surface area is 43.9 Å². The Morgan fingerprint density at radius 1 is 1.86 bits per heavy atom. The Morgan fingerprint density at radius 2 is 2.71 bits per heavy atom. The van der Waals surface area contributed by atoms with Crippen molar-refractivity contribution in [2.75, 3.05) is 13.2 Å². The number of rotatable bonds is 0. The van der Waals surface area contributed by atoms with Crippen LogP contribution in [0.25, 0.3) is 0 Å². The summed E-state index contributed by atoms with van der Waals surface area (Å²) in [5.74, 6) is 0. The van der Waals surface area contributed by atoms with E-state index in [1.54, 1.807) is 0 Å². The lowest BCUT2D eigenvalue weighted by atomic mass is 10.3. The van der Waals surface area contributed by atoms with Crippen LogP contribution in [0.4, 0.5) is 0 Å². The van der Waals surface area contributed by atoms with Gasteiger partial charge in [-0.25, -0.2) is 0 Å². The molecule has 2 heteroatoms. The van der Waals surface area contributed by atoms with E-state index < -0.39 is 0 Å². The van der Waals surface area contributed by atoms with Gasteiger partial charge in [-0.05, 0) is 6.92 Å². The molecule has 1 unspecified atom stereocenters. The van der Waals surface area contributed by atoms with Crippen LogP contribution in [0.15, 0.2) is 0 Å². The molecule has 1 heterocycles. The summed E-state index contributed by atoms with van der Waals surface area (Å²) in [6.45, 7) is 5.79. The summed E-state index contributed by atoms with van der Waals surface area (Å²) in [4.78, 5) is 0. The zero-order valence-electron chi connectivity index (χ0n) is 4.48. The molecule has 7 heavy (non-hydrogen) atoms. The van der Waals surface area contributed by atoms with Gasteiger partial charge in [0.2, 0.25) is 0 Å². The van der Waals surface area contributed by atoms with Gasteiger partial charge >= 0.3 is 0 Å². The first-order valence-corrected chi connectivity index (χ1v) is 2.58. The van der Waals surface area contributed by atoms with E-state index >= 15 is 0 Å². The zero-order chi connectivity index (χ0) is 5.11. The van der Waals surface area contributed by atoms with Crippen molar-refractivity contribution in [3.05, 3.63) is 6.54 Å². The van der Waals surface area contributed by atoms with Gasteiger partial charge in [0, 0.05) is 6.54 Å². The maximum atomic E-state index is 5.16. The van der Waals surface area contributed by atoms with E-state index in [9.17, 15) is 0 Å². The summed E-state index contributed by atoms with van der Waals surface area (Å²) >= 11 is 0. The summed E-state index contributed by atoms with van der Waals surface area (Å²) < 4.78 is 5.16. The molecule has 1 saturated heterocycles. The second-order valence-corrected chi connectivity index (χ2v) is 1.70. The van der Waals surface area contributed by atoms with E-state index in [1.807, 2.05) is 13.5 Å². The van der Waals surface area contributed by atoms with Gasteiger partial charge in [0.05, 0.1) is 19.3 Å². The van der Waals surface area contributed by atoms with Gasteiger partial charge < -0.3 is 10.1 Å². The molecule has 1 aliphatic heterocycles. The molecule has 1 N–H and O–H groups in total. The first-order valence-electron chi connectivity index (χ1n) is 2.58. The third-order valence-electron chi connectivity index (χ3n) is 0.980. The van der Waals surface area contributed by atoms with Crippen molar-refractivity contribution < 1.29 is 4.74 Å². The standard InChI is InChI=1S/C5H10NO/c1-5-4-6-2-3-7-5/h4-6H,2-3H2,1H3. The molecular weight excluding hydrogens is 90.1 g/mol. The van der Waals surface area contributed by atoms with Gasteiger partial charge in [-0.1, -0.05) is 0 Å². The predicted octanol–water partition coefficient (Wildman–Crippen LogP) is 0.156. The topological polar surface area (TPSA) is 21.3 Å². The van der Waals surface area contributed by atoms with Gasteiger partial charge in [0.1, 0.15) is 0 Å². The van der Waals surface area contributed by atoms with Crippen molar-refractivity contribution in [2.24, 2.45) is 0 Å². The molecule has 0 aromatic carbocycles. The lowest BCUT2D eigenvalue weighted by Gasteiger charge is -2.18. The van der Waals surface area contributed by atoms with E-state index in [4.69, 9.17) is 4.74 Å². The molecule has 2 nitrogen and oxygen atoms in total. The lowest BCUT2D eigenvalue weighted by Crippen LogP contribution is -2.31. The third-order valence-corrected chi connectivity index (χ3v) is 0.980. The highest BCUT2D eigenvalue weighted by molar-refractivity contribution is 4.73. The van der Waals surface area contributed by atoms with Crippen LogP contribution in [-0.4, -0.2) is 19.3 Å². The number of ether oxygens (including phenoxy) is 1. The fraction of sp³-hybridized carbons (Fsp3) is 0.800. The average Bonchev–Trinajstić information content (AvgIpc) is 1.69. The number of morpholine rings is 1. The predicted molar refractivity (Wildman–Crippen MR) is 27.7 cm³/mol. The fourth-order valence-corrected chi connectivity index (χ4v) is 0.601. The molecule has 1 atom stereocenters. The number of hydrogen-bond acceptors (Lipinski definition) is 2. The minimum atomic E-state index is 0.300. The summed E-state index contributed by atoms with van der Waals surface area (Å²) in [5, 5.41) is 3.08. The number of nitrogens with one attached hydrogen (secondary N) is 1. The Hall–Kier alpha value is -0.0800. The first kappa shape index (κ1) is 5.06. The largest absolute Gasteiger partial charge is 0.376 e. The van der Waals surface area contributed by atoms with E-state index in [-0.39, 0.29) is 0 Å². The molecule has 1 fully saturated rings. The van der Waals surface area contributed by atoms with Crippen molar-refractivity contribution in [2.45, 2.75) is 13.0 Å². The zero-order valence-corrected chi connectivity index (χ0v) is 4.48. The van der Waals surface area contributed by atoms with E-state index in [1.165, 1.54) is 0 Å². The van der Waals surface area contributed by atoms with Crippen molar-refractivity contribution in [1.82, 2.24) is 5.32 Å². The van der Waals surface area contributed by atoms with E-state index in [0.717, 1.165) is 13.2 Å². The van der Waals surface area contributed by atoms with Gasteiger partial charge in [-0.15, -0.1) is 0 Å². The van der Waals surface area contributed by atoms with Crippen LogP contribution >= 0.6 is 0 Å². The maximum Gasteiger partial charge on any atom is 0.0716 e. The molecule has 41 valence electrons. The maximum absolute atomic E-state index is 5.16. The molecule has 0 bridgehead atoms. The fourth-order valence-electron chi connectivity index (χ4n) is 0.601. The Morgan fingerprint density at radius 3 is 3.00 bits per heavy atom. The summed E-state index contributed by atoms with van der Waals surface area (Å²) in [7, 11) is 0. The highest BCUT2D eigenvalue weighted by atomic mass is 16.5. The number of hydrogen-bond donors (Lipinski definition) is 1. The molecule has 0 saturated carbocycles. The summed E-state index contributed by atoms with van der Waals surface area (Å²) in [5.41, 5.74) is 0. The average molecular weight is 100 g/mol. The van der Waals surface area contributed by atoms with Crippen molar-refractivity contribution in [3.8, 4) is 0 Å². The second-order valence-electron chi connectivity index (χ2n) is 1.70. The lowest BCUT2D eigenvalue weighted by molar-refractivity contribution is 0.0622. The molecule has 0 amide bonds. The van der Waals surface area contributed by atoms with Gasteiger partial charge in [0.15, 0.2) is 0 Å². The Bertz CT molecular complexity index is 50.0. The Kier molecular flexibility index (Phi) is 1.65. The minimum absolute atomic E-state index is 0.300. The van der Waals surface area contributed by atoms with Crippen molar-refractivity contribution in [3.63, 3.8) is 0 Å². The normalized spacial score (nSPS) is 33.0. The van der Waals surface area contributed by atoms with Crippen LogP contribution < -0.4 is 5.32 Å². The second kappa shape index (κ2) is 2.28. The van der Waals surface area contributed by atoms with Gasteiger partial charge in [0.25, 0.3) is 0 Å². The van der Waals surface area contributed by atoms with Crippen LogP contribution in [0, 0.1) is 6.54 Å². The molecule has 0 aromatic rings. The smallest absolute Gasteiger partial charge is 0.0716 e. The van der Waals surface area contributed by atoms with Gasteiger partial charge in [-0.2, -0.15) is 0 Å². The van der Waals surface area contributed by atoms with Crippen LogP contribution in [0.1, 0.15) is 6.92 Å². The van der Waals surface area contributed by atoms with Crippen LogP contribution in [0.3, 0.4) is 0 Å². The van der Waals surface area contributed by atoms with Gasteiger partial charge in [-0.3, -0.25) is 0 Å². The van der Waals surface area contributed by atoms with Crippen LogP contribution in [-0.2, 0) is 4.74 Å². The quantitative estimate of drug-likeness (QED) is 0.468. The third kappa shape index (κ3) is 1.45. The van der Waals surface area contributed by atoms with Crippen LogP contribution in [0.2, 0.25) is 0 Å². The highest BCUT2D eigenvalue weighted by Gasteiger charge is 2.05.